The van der Waals surface area contributed by atoms with Gasteiger partial charge in [-0.25, -0.2) is 0 Å². The van der Waals surface area contributed by atoms with Crippen LogP contribution in [0.4, 0.5) is 0 Å². The van der Waals surface area contributed by atoms with Gasteiger partial charge in [-0.3, -0.25) is 4.79 Å². The van der Waals surface area contributed by atoms with E-state index < -0.39 is 0 Å². The van der Waals surface area contributed by atoms with Crippen LogP contribution in [-0.2, 0) is 14.3 Å². The number of ether oxygens (including phenoxy) is 2. The van der Waals surface area contributed by atoms with Crippen LogP contribution in [0.5, 0.6) is 0 Å². The molecular weight excluding hydrogens is 222 g/mol. The van der Waals surface area contributed by atoms with Gasteiger partial charge >= 0.3 is 0 Å². The first-order chi connectivity index (χ1) is 8.31. The predicted octanol–water partition coefficient (Wildman–Crippen LogP) is 0.496. The third-order valence-electron chi connectivity index (χ3n) is 3.20. The van der Waals surface area contributed by atoms with Gasteiger partial charge in [-0.15, -0.1) is 0 Å². The zero-order valence-electron chi connectivity index (χ0n) is 9.93. The van der Waals surface area contributed by atoms with Gasteiger partial charge in [0.05, 0.1) is 0 Å². The number of hydrogen-bond acceptors (Lipinski definition) is 4. The summed E-state index contributed by atoms with van der Waals surface area (Å²) in [6.07, 6.45) is 4.24. The lowest BCUT2D eigenvalue weighted by molar-refractivity contribution is -0.134. The standard InChI is InChI=1S/C12H19NO4/c14-5-3-10-2-1-4-13(8-10)12(15)11-9-16-6-7-17-11/h9-10,14H,1-8H2. The minimum absolute atomic E-state index is 0.0904. The molecule has 5 heteroatoms. The molecule has 1 fully saturated rings. The summed E-state index contributed by atoms with van der Waals surface area (Å²) >= 11 is 0. The second-order valence-electron chi connectivity index (χ2n) is 4.47. The molecule has 0 aromatic heterocycles. The number of aliphatic hydroxyl groups excluding tert-OH is 1. The monoisotopic (exact) mass is 241 g/mol. The Morgan fingerprint density at radius 1 is 1.53 bits per heavy atom. The van der Waals surface area contributed by atoms with Crippen molar-refractivity contribution in [1.82, 2.24) is 4.90 Å². The Bertz CT molecular complexity index is 301. The number of aliphatic hydroxyl groups is 1. The van der Waals surface area contributed by atoms with Gasteiger partial charge in [0.1, 0.15) is 19.5 Å². The SMILES string of the molecule is O=C(C1=COCCO1)N1CCCC(CCO)C1. The molecule has 0 bridgehead atoms. The Hall–Kier alpha value is -1.23. The van der Waals surface area contributed by atoms with E-state index in [1.54, 1.807) is 4.90 Å². The first-order valence-electron chi connectivity index (χ1n) is 6.16. The molecule has 2 aliphatic heterocycles. The summed E-state index contributed by atoms with van der Waals surface area (Å²) in [4.78, 5) is 13.9. The van der Waals surface area contributed by atoms with E-state index in [-0.39, 0.29) is 12.5 Å². The van der Waals surface area contributed by atoms with Gasteiger partial charge in [0.15, 0.2) is 0 Å². The van der Waals surface area contributed by atoms with Crippen molar-refractivity contribution < 1.29 is 19.4 Å². The van der Waals surface area contributed by atoms with Crippen molar-refractivity contribution in [2.45, 2.75) is 19.3 Å². The lowest BCUT2D eigenvalue weighted by atomic mass is 9.95. The van der Waals surface area contributed by atoms with E-state index in [1.165, 1.54) is 6.26 Å². The first kappa shape index (κ1) is 12.2. The van der Waals surface area contributed by atoms with Gasteiger partial charge in [-0.2, -0.15) is 0 Å². The molecule has 2 heterocycles. The van der Waals surface area contributed by atoms with Crippen molar-refractivity contribution in [3.63, 3.8) is 0 Å². The number of piperidine rings is 1. The molecule has 1 saturated heterocycles. The predicted molar refractivity (Wildman–Crippen MR) is 61.0 cm³/mol. The summed E-state index contributed by atoms with van der Waals surface area (Å²) in [5.41, 5.74) is 0. The van der Waals surface area contributed by atoms with Crippen LogP contribution in [0.2, 0.25) is 0 Å². The Balaban J connectivity index is 1.92. The van der Waals surface area contributed by atoms with Gasteiger partial charge in [-0.1, -0.05) is 0 Å². The maximum atomic E-state index is 12.1. The van der Waals surface area contributed by atoms with Crippen molar-refractivity contribution in [1.29, 1.82) is 0 Å². The first-order valence-corrected chi connectivity index (χ1v) is 6.16. The molecule has 1 atom stereocenters. The van der Waals surface area contributed by atoms with E-state index in [2.05, 4.69) is 0 Å². The summed E-state index contributed by atoms with van der Waals surface area (Å²) in [6.45, 7) is 2.60. The Kier molecular flexibility index (Phi) is 4.25. The van der Waals surface area contributed by atoms with Gasteiger partial charge in [0.2, 0.25) is 5.76 Å². The molecule has 96 valence electrons. The van der Waals surface area contributed by atoms with Gasteiger partial charge < -0.3 is 19.5 Å². The quantitative estimate of drug-likeness (QED) is 0.781. The summed E-state index contributed by atoms with van der Waals surface area (Å²) in [7, 11) is 0. The molecule has 0 spiro atoms. The highest BCUT2D eigenvalue weighted by atomic mass is 16.6. The Morgan fingerprint density at radius 2 is 2.41 bits per heavy atom. The topological polar surface area (TPSA) is 59.0 Å². The van der Waals surface area contributed by atoms with Crippen molar-refractivity contribution in [3.05, 3.63) is 12.0 Å². The van der Waals surface area contributed by atoms with Crippen molar-refractivity contribution in [2.75, 3.05) is 32.9 Å². The number of carbonyl (C=O) groups is 1. The molecular formula is C12H19NO4. The zero-order valence-corrected chi connectivity index (χ0v) is 9.93. The van der Waals surface area contributed by atoms with Crippen LogP contribution in [0, 0.1) is 5.92 Å². The lowest BCUT2D eigenvalue weighted by Gasteiger charge is -2.33. The molecule has 0 saturated carbocycles. The molecule has 1 unspecified atom stereocenters. The Morgan fingerprint density at radius 3 is 3.12 bits per heavy atom. The number of amides is 1. The van der Waals surface area contributed by atoms with Crippen molar-refractivity contribution in [3.8, 4) is 0 Å². The van der Waals surface area contributed by atoms with E-state index in [0.717, 1.165) is 25.8 Å². The minimum atomic E-state index is -0.0904. The highest BCUT2D eigenvalue weighted by Crippen LogP contribution is 2.21. The third-order valence-corrected chi connectivity index (χ3v) is 3.20. The van der Waals surface area contributed by atoms with Gasteiger partial charge in [0, 0.05) is 19.7 Å². The normalized spacial score (nSPS) is 24.6. The third kappa shape index (κ3) is 3.12. The van der Waals surface area contributed by atoms with Crippen LogP contribution in [0.1, 0.15) is 19.3 Å². The lowest BCUT2D eigenvalue weighted by Crippen LogP contribution is -2.41. The number of carbonyl (C=O) groups excluding carboxylic acids is 1. The fraction of sp³-hybridized carbons (Fsp3) is 0.750. The molecule has 0 radical (unpaired) electrons. The summed E-state index contributed by atoms with van der Waals surface area (Å²) in [5, 5.41) is 8.93. The van der Waals surface area contributed by atoms with Crippen molar-refractivity contribution >= 4 is 5.91 Å². The molecule has 0 aromatic rings. The largest absolute Gasteiger partial charge is 0.494 e. The number of rotatable bonds is 3. The van der Waals surface area contributed by atoms with Crippen LogP contribution in [-0.4, -0.2) is 48.8 Å². The zero-order chi connectivity index (χ0) is 12.1. The number of likely N-dealkylation sites (tertiary alicyclic amines) is 1. The maximum absolute atomic E-state index is 12.1. The van der Waals surface area contributed by atoms with Crippen molar-refractivity contribution in [2.24, 2.45) is 5.92 Å². The molecule has 5 nitrogen and oxygen atoms in total. The molecule has 2 aliphatic rings. The van der Waals surface area contributed by atoms with Gasteiger partial charge in [0.25, 0.3) is 5.91 Å². The highest BCUT2D eigenvalue weighted by Gasteiger charge is 2.27. The van der Waals surface area contributed by atoms with E-state index in [4.69, 9.17) is 14.6 Å². The molecule has 17 heavy (non-hydrogen) atoms. The van der Waals surface area contributed by atoms with E-state index >= 15 is 0 Å². The molecule has 0 aliphatic carbocycles. The van der Waals surface area contributed by atoms with Crippen LogP contribution in [0.25, 0.3) is 0 Å². The molecule has 2 rings (SSSR count). The number of hydrogen-bond donors (Lipinski definition) is 1. The van der Waals surface area contributed by atoms with E-state index in [1.807, 2.05) is 0 Å². The summed E-state index contributed by atoms with van der Waals surface area (Å²) in [5.74, 6) is 0.621. The smallest absolute Gasteiger partial charge is 0.292 e. The minimum Gasteiger partial charge on any atom is -0.494 e. The molecule has 0 aromatic carbocycles. The fourth-order valence-corrected chi connectivity index (χ4v) is 2.30. The van der Waals surface area contributed by atoms with E-state index in [0.29, 0.717) is 31.4 Å². The maximum Gasteiger partial charge on any atom is 0.292 e. The average Bonchev–Trinajstić information content (AvgIpc) is 2.40. The second-order valence-corrected chi connectivity index (χ2v) is 4.47. The van der Waals surface area contributed by atoms with Gasteiger partial charge in [-0.05, 0) is 25.2 Å². The number of nitrogens with zero attached hydrogens (tertiary/aromatic N) is 1. The Labute approximate surface area is 101 Å². The highest BCUT2D eigenvalue weighted by molar-refractivity contribution is 5.91. The molecule has 1 N–H and O–H groups in total. The van der Waals surface area contributed by atoms with Crippen LogP contribution >= 0.6 is 0 Å². The van der Waals surface area contributed by atoms with Crippen LogP contribution in [0.3, 0.4) is 0 Å². The summed E-state index contributed by atoms with van der Waals surface area (Å²) in [6, 6.07) is 0. The second kappa shape index (κ2) is 5.91. The van der Waals surface area contributed by atoms with E-state index in [9.17, 15) is 4.79 Å². The average molecular weight is 241 g/mol. The van der Waals surface area contributed by atoms with Crippen LogP contribution in [0.15, 0.2) is 12.0 Å². The van der Waals surface area contributed by atoms with Crippen LogP contribution < -0.4 is 0 Å². The molecule has 1 amide bonds. The summed E-state index contributed by atoms with van der Waals surface area (Å²) < 4.78 is 10.4. The fourth-order valence-electron chi connectivity index (χ4n) is 2.30.